The second kappa shape index (κ2) is 8.49. The van der Waals surface area contributed by atoms with Gasteiger partial charge in [0.15, 0.2) is 5.78 Å². The second-order valence-corrected chi connectivity index (χ2v) is 7.94. The van der Waals surface area contributed by atoms with Crippen molar-refractivity contribution in [3.05, 3.63) is 65.4 Å². The third kappa shape index (κ3) is 5.11. The maximum Gasteiger partial charge on any atom is 0.338 e. The summed E-state index contributed by atoms with van der Waals surface area (Å²) in [5, 5.41) is 4.83. The molecule has 0 saturated heterocycles. The first-order chi connectivity index (χ1) is 14.1. The van der Waals surface area contributed by atoms with E-state index in [1.54, 1.807) is 39.0 Å². The van der Waals surface area contributed by atoms with Crippen LogP contribution in [-0.2, 0) is 27.4 Å². The van der Waals surface area contributed by atoms with Crippen LogP contribution in [0.1, 0.15) is 54.1 Å². The number of rotatable bonds is 6. The van der Waals surface area contributed by atoms with Crippen LogP contribution in [0, 0.1) is 0 Å². The maximum atomic E-state index is 12.5. The molecule has 0 amide bonds. The standard InChI is InChI=1S/C23H24N2O5/c1-15(26)21-18-11-10-17(22(28)29-14-16-8-6-5-7-9-16)12-19(18)25(24-21)13-20(27)30-23(2,3)4/h5-12H,13-14H2,1-4H3. The molecule has 0 aliphatic rings. The van der Waals surface area contributed by atoms with Gasteiger partial charge in [-0.25, -0.2) is 4.79 Å². The van der Waals surface area contributed by atoms with Crippen LogP contribution in [0.3, 0.4) is 0 Å². The number of ketones is 1. The zero-order valence-corrected chi connectivity index (χ0v) is 17.5. The summed E-state index contributed by atoms with van der Waals surface area (Å²) in [5.74, 6) is -1.23. The number of benzene rings is 2. The number of nitrogens with zero attached hydrogens (tertiary/aromatic N) is 2. The lowest BCUT2D eigenvalue weighted by Crippen LogP contribution is -2.26. The van der Waals surface area contributed by atoms with E-state index in [-0.39, 0.29) is 24.6 Å². The number of Topliss-reactive ketones (excluding diaryl/α,β-unsaturated/α-hetero) is 1. The van der Waals surface area contributed by atoms with E-state index < -0.39 is 17.5 Å². The first-order valence-corrected chi connectivity index (χ1v) is 9.58. The number of aromatic nitrogens is 2. The van der Waals surface area contributed by atoms with E-state index in [1.807, 2.05) is 30.3 Å². The highest BCUT2D eigenvalue weighted by Crippen LogP contribution is 2.22. The van der Waals surface area contributed by atoms with Crippen molar-refractivity contribution in [3.8, 4) is 0 Å². The molecular weight excluding hydrogens is 384 g/mol. The molecule has 30 heavy (non-hydrogen) atoms. The molecule has 0 saturated carbocycles. The van der Waals surface area contributed by atoms with Crippen LogP contribution >= 0.6 is 0 Å². The molecule has 0 unspecified atom stereocenters. The quantitative estimate of drug-likeness (QED) is 0.454. The summed E-state index contributed by atoms with van der Waals surface area (Å²) in [6, 6.07) is 14.2. The van der Waals surface area contributed by atoms with E-state index in [0.717, 1.165) is 5.56 Å². The molecule has 0 radical (unpaired) electrons. The van der Waals surface area contributed by atoms with Crippen LogP contribution in [0.5, 0.6) is 0 Å². The van der Waals surface area contributed by atoms with Gasteiger partial charge in [-0.1, -0.05) is 30.3 Å². The molecule has 0 bridgehead atoms. The van der Waals surface area contributed by atoms with Gasteiger partial charge < -0.3 is 9.47 Å². The molecule has 3 rings (SSSR count). The Labute approximate surface area is 174 Å². The molecule has 0 spiro atoms. The third-order valence-corrected chi connectivity index (χ3v) is 4.23. The van der Waals surface area contributed by atoms with Crippen molar-refractivity contribution < 1.29 is 23.9 Å². The molecule has 0 atom stereocenters. The molecule has 0 N–H and O–H groups in total. The number of hydrogen-bond donors (Lipinski definition) is 0. The fourth-order valence-corrected chi connectivity index (χ4v) is 2.98. The fraction of sp³-hybridized carbons (Fsp3) is 0.304. The van der Waals surface area contributed by atoms with Crippen molar-refractivity contribution in [2.45, 2.75) is 46.4 Å². The Bertz CT molecular complexity index is 1090. The van der Waals surface area contributed by atoms with Crippen LogP contribution < -0.4 is 0 Å². The van der Waals surface area contributed by atoms with Gasteiger partial charge in [-0.05, 0) is 44.5 Å². The average Bonchev–Trinajstić information content (AvgIpc) is 3.03. The molecule has 2 aromatic carbocycles. The summed E-state index contributed by atoms with van der Waals surface area (Å²) < 4.78 is 12.1. The highest BCUT2D eigenvalue weighted by atomic mass is 16.6. The van der Waals surface area contributed by atoms with Gasteiger partial charge >= 0.3 is 11.9 Å². The maximum absolute atomic E-state index is 12.5. The summed E-state index contributed by atoms with van der Waals surface area (Å²) in [5.41, 5.74) is 1.26. The first-order valence-electron chi connectivity index (χ1n) is 9.58. The molecule has 0 aliphatic carbocycles. The highest BCUT2D eigenvalue weighted by Gasteiger charge is 2.21. The van der Waals surface area contributed by atoms with Gasteiger partial charge in [-0.3, -0.25) is 14.3 Å². The van der Waals surface area contributed by atoms with Gasteiger partial charge in [0.2, 0.25) is 0 Å². The molecule has 1 aromatic heterocycles. The Kier molecular flexibility index (Phi) is 6.01. The highest BCUT2D eigenvalue weighted by molar-refractivity contribution is 6.06. The van der Waals surface area contributed by atoms with Crippen molar-refractivity contribution in [2.75, 3.05) is 0 Å². The Morgan fingerprint density at radius 1 is 1.03 bits per heavy atom. The lowest BCUT2D eigenvalue weighted by atomic mass is 10.1. The molecular formula is C23H24N2O5. The summed E-state index contributed by atoms with van der Waals surface area (Å²) in [6.45, 7) is 6.69. The van der Waals surface area contributed by atoms with Crippen LogP contribution in [-0.4, -0.2) is 33.1 Å². The van der Waals surface area contributed by atoms with Gasteiger partial charge in [0.05, 0.1) is 11.1 Å². The minimum Gasteiger partial charge on any atom is -0.459 e. The largest absolute Gasteiger partial charge is 0.459 e. The molecule has 7 heteroatoms. The lowest BCUT2D eigenvalue weighted by molar-refractivity contribution is -0.155. The molecule has 7 nitrogen and oxygen atoms in total. The van der Waals surface area contributed by atoms with Crippen molar-refractivity contribution in [2.24, 2.45) is 0 Å². The van der Waals surface area contributed by atoms with E-state index in [9.17, 15) is 14.4 Å². The number of esters is 2. The fourth-order valence-electron chi connectivity index (χ4n) is 2.98. The predicted octanol–water partition coefficient (Wildman–Crippen LogP) is 3.94. The number of carbonyl (C=O) groups excluding carboxylic acids is 3. The van der Waals surface area contributed by atoms with Gasteiger partial charge in [-0.2, -0.15) is 5.10 Å². The topological polar surface area (TPSA) is 87.5 Å². The summed E-state index contributed by atoms with van der Waals surface area (Å²) in [4.78, 5) is 36.8. The van der Waals surface area contributed by atoms with E-state index in [1.165, 1.54) is 11.6 Å². The molecule has 0 fully saturated rings. The second-order valence-electron chi connectivity index (χ2n) is 7.94. The SMILES string of the molecule is CC(=O)c1nn(CC(=O)OC(C)(C)C)c2cc(C(=O)OCc3ccccc3)ccc12. The normalized spacial score (nSPS) is 11.3. The number of ether oxygens (including phenoxy) is 2. The van der Waals surface area contributed by atoms with E-state index >= 15 is 0 Å². The Morgan fingerprint density at radius 2 is 1.73 bits per heavy atom. The smallest absolute Gasteiger partial charge is 0.338 e. The predicted molar refractivity (Wildman–Crippen MR) is 111 cm³/mol. The summed E-state index contributed by atoms with van der Waals surface area (Å²) in [7, 11) is 0. The van der Waals surface area contributed by atoms with Gasteiger partial charge in [0.1, 0.15) is 24.4 Å². The number of fused-ring (bicyclic) bond motifs is 1. The Balaban J connectivity index is 1.88. The van der Waals surface area contributed by atoms with Crippen molar-refractivity contribution in [3.63, 3.8) is 0 Å². The van der Waals surface area contributed by atoms with Crippen molar-refractivity contribution in [1.82, 2.24) is 9.78 Å². The monoisotopic (exact) mass is 408 g/mol. The van der Waals surface area contributed by atoms with E-state index in [2.05, 4.69) is 5.10 Å². The van der Waals surface area contributed by atoms with Crippen LogP contribution in [0.15, 0.2) is 48.5 Å². The average molecular weight is 408 g/mol. The van der Waals surface area contributed by atoms with Crippen molar-refractivity contribution >= 4 is 28.6 Å². The first kappa shape index (κ1) is 21.2. The van der Waals surface area contributed by atoms with Crippen LogP contribution in [0.4, 0.5) is 0 Å². The number of carbonyl (C=O) groups is 3. The molecule has 0 aliphatic heterocycles. The van der Waals surface area contributed by atoms with Gasteiger partial charge in [0.25, 0.3) is 0 Å². The minimum atomic E-state index is -0.643. The summed E-state index contributed by atoms with van der Waals surface area (Å²) in [6.07, 6.45) is 0. The Morgan fingerprint density at radius 3 is 2.37 bits per heavy atom. The van der Waals surface area contributed by atoms with E-state index in [4.69, 9.17) is 9.47 Å². The summed E-state index contributed by atoms with van der Waals surface area (Å²) >= 11 is 0. The molecule has 156 valence electrons. The van der Waals surface area contributed by atoms with Crippen LogP contribution in [0.25, 0.3) is 10.9 Å². The lowest BCUT2D eigenvalue weighted by Gasteiger charge is -2.19. The zero-order valence-electron chi connectivity index (χ0n) is 17.5. The minimum absolute atomic E-state index is 0.146. The Hall–Kier alpha value is -3.48. The van der Waals surface area contributed by atoms with Gasteiger partial charge in [0, 0.05) is 12.3 Å². The number of hydrogen-bond acceptors (Lipinski definition) is 6. The third-order valence-electron chi connectivity index (χ3n) is 4.23. The zero-order chi connectivity index (χ0) is 21.9. The van der Waals surface area contributed by atoms with Crippen molar-refractivity contribution in [1.29, 1.82) is 0 Å². The van der Waals surface area contributed by atoms with Crippen LogP contribution in [0.2, 0.25) is 0 Å². The molecule has 3 aromatic rings. The van der Waals surface area contributed by atoms with E-state index in [0.29, 0.717) is 16.5 Å². The molecule has 1 heterocycles. The van der Waals surface area contributed by atoms with Gasteiger partial charge in [-0.15, -0.1) is 0 Å².